The van der Waals surface area contributed by atoms with Crippen LogP contribution < -0.4 is 5.73 Å². The van der Waals surface area contributed by atoms with Crippen LogP contribution in [0.1, 0.15) is 53.5 Å². The number of amides is 1. The molecule has 2 aromatic heterocycles. The van der Waals surface area contributed by atoms with Gasteiger partial charge in [-0.15, -0.1) is 0 Å². The van der Waals surface area contributed by atoms with Crippen molar-refractivity contribution in [3.63, 3.8) is 0 Å². The van der Waals surface area contributed by atoms with Gasteiger partial charge >= 0.3 is 6.18 Å². The van der Waals surface area contributed by atoms with E-state index in [9.17, 15) is 18.0 Å². The molecule has 1 saturated heterocycles. The predicted molar refractivity (Wildman–Crippen MR) is 139 cm³/mol. The summed E-state index contributed by atoms with van der Waals surface area (Å²) in [5.74, 6) is 5.70. The summed E-state index contributed by atoms with van der Waals surface area (Å²) in [6.45, 7) is 7.98. The van der Waals surface area contributed by atoms with Crippen LogP contribution in [0.3, 0.4) is 0 Å². The Labute approximate surface area is 219 Å². The number of nitrogens with two attached hydrogens (primary N) is 1. The van der Waals surface area contributed by atoms with Crippen molar-refractivity contribution in [1.82, 2.24) is 24.8 Å². The van der Waals surface area contributed by atoms with Crippen molar-refractivity contribution >= 4 is 11.7 Å². The number of pyridine rings is 1. The van der Waals surface area contributed by atoms with Crippen molar-refractivity contribution in [1.29, 1.82) is 0 Å². The van der Waals surface area contributed by atoms with E-state index in [1.165, 1.54) is 29.6 Å². The number of carbonyl (C=O) groups excluding carboxylic acids is 1. The van der Waals surface area contributed by atoms with Gasteiger partial charge in [0.1, 0.15) is 12.1 Å². The zero-order chi connectivity index (χ0) is 27.4. The van der Waals surface area contributed by atoms with Crippen LogP contribution in [0.4, 0.5) is 19.0 Å². The smallest absolute Gasteiger partial charge is 0.384 e. The molecule has 10 heteroatoms. The summed E-state index contributed by atoms with van der Waals surface area (Å²) in [5, 5.41) is 0. The number of carbonyl (C=O) groups is 1. The van der Waals surface area contributed by atoms with E-state index in [0.717, 1.165) is 6.07 Å². The Balaban J connectivity index is 1.73. The maximum Gasteiger partial charge on any atom is 0.417 e. The van der Waals surface area contributed by atoms with Crippen LogP contribution in [-0.2, 0) is 12.6 Å². The van der Waals surface area contributed by atoms with Gasteiger partial charge in [-0.25, -0.2) is 15.0 Å². The summed E-state index contributed by atoms with van der Waals surface area (Å²) in [5.41, 5.74) is 6.34. The van der Waals surface area contributed by atoms with Crippen LogP contribution in [0.25, 0.3) is 11.3 Å². The number of alkyl halides is 3. The first-order valence-electron chi connectivity index (χ1n) is 12.4. The van der Waals surface area contributed by atoms with E-state index in [-0.39, 0.29) is 16.8 Å². The van der Waals surface area contributed by atoms with E-state index >= 15 is 0 Å². The Morgan fingerprint density at radius 1 is 1.05 bits per heavy atom. The second kappa shape index (κ2) is 11.2. The highest BCUT2D eigenvalue weighted by atomic mass is 19.4. The summed E-state index contributed by atoms with van der Waals surface area (Å²) in [7, 11) is 0. The molecule has 1 fully saturated rings. The third-order valence-corrected chi connectivity index (χ3v) is 6.54. The van der Waals surface area contributed by atoms with Gasteiger partial charge in [0, 0.05) is 49.5 Å². The molecule has 0 radical (unpaired) electrons. The van der Waals surface area contributed by atoms with E-state index in [1.54, 1.807) is 12.1 Å². The fourth-order valence-corrected chi connectivity index (χ4v) is 4.38. The maximum absolute atomic E-state index is 14.2. The van der Waals surface area contributed by atoms with Gasteiger partial charge in [0.2, 0.25) is 0 Å². The normalized spacial score (nSPS) is 14.3. The number of benzene rings is 1. The van der Waals surface area contributed by atoms with Crippen molar-refractivity contribution < 1.29 is 18.0 Å². The lowest BCUT2D eigenvalue weighted by Gasteiger charge is -2.37. The lowest BCUT2D eigenvalue weighted by Crippen LogP contribution is -2.50. The number of nitrogen functional groups attached to an aromatic ring is 1. The van der Waals surface area contributed by atoms with Crippen LogP contribution in [0.5, 0.6) is 0 Å². The van der Waals surface area contributed by atoms with Crippen molar-refractivity contribution in [2.45, 2.75) is 39.4 Å². The lowest BCUT2D eigenvalue weighted by atomic mass is 9.97. The number of rotatable bonds is 4. The van der Waals surface area contributed by atoms with Gasteiger partial charge in [-0.05, 0) is 44.5 Å². The van der Waals surface area contributed by atoms with E-state index in [1.807, 2.05) is 6.92 Å². The minimum atomic E-state index is -4.73. The molecule has 198 valence electrons. The molecule has 7 nitrogen and oxygen atoms in total. The van der Waals surface area contributed by atoms with E-state index < -0.39 is 17.6 Å². The zero-order valence-corrected chi connectivity index (χ0v) is 21.5. The van der Waals surface area contributed by atoms with Crippen molar-refractivity contribution in [3.05, 3.63) is 70.8 Å². The van der Waals surface area contributed by atoms with Gasteiger partial charge in [0.05, 0.1) is 28.1 Å². The molecule has 0 bridgehead atoms. The highest BCUT2D eigenvalue weighted by Gasteiger charge is 2.37. The fraction of sp³-hybridized carbons (Fsp3) is 0.357. The van der Waals surface area contributed by atoms with Gasteiger partial charge < -0.3 is 10.6 Å². The number of hydrogen-bond acceptors (Lipinski definition) is 6. The summed E-state index contributed by atoms with van der Waals surface area (Å²) in [4.78, 5) is 29.4. The third-order valence-electron chi connectivity index (χ3n) is 6.54. The standard InChI is InChI=1S/C28H29F3N6O/c1-4-24-22(8-5-19-6-10-25(32)33-16-19)26(35-17-34-24)20-7-9-21(23(15-20)28(29,30)31)27(38)37-13-11-36(12-14-37)18(2)3/h6-7,9-10,15-18H,4,11-14H2,1-3H3,(H2,32,33). The van der Waals surface area contributed by atoms with E-state index in [2.05, 4.69) is 45.5 Å². The van der Waals surface area contributed by atoms with Crippen LogP contribution in [-0.4, -0.2) is 62.9 Å². The number of aryl methyl sites for hydroxylation is 1. The van der Waals surface area contributed by atoms with Gasteiger partial charge in [-0.2, -0.15) is 13.2 Å². The highest BCUT2D eigenvalue weighted by molar-refractivity contribution is 5.96. The number of hydrogen-bond donors (Lipinski definition) is 1. The van der Waals surface area contributed by atoms with Crippen LogP contribution in [0.2, 0.25) is 0 Å². The van der Waals surface area contributed by atoms with Crippen molar-refractivity contribution in [2.24, 2.45) is 0 Å². The minimum Gasteiger partial charge on any atom is -0.384 e. The molecule has 1 aliphatic heterocycles. The summed E-state index contributed by atoms with van der Waals surface area (Å²) < 4.78 is 42.7. The summed E-state index contributed by atoms with van der Waals surface area (Å²) in [6.07, 6.45) is -1.40. The molecule has 0 atom stereocenters. The molecule has 2 N–H and O–H groups in total. The fourth-order valence-electron chi connectivity index (χ4n) is 4.38. The molecule has 4 rings (SSSR count). The largest absolute Gasteiger partial charge is 0.417 e. The summed E-state index contributed by atoms with van der Waals surface area (Å²) >= 11 is 0. The Hall–Kier alpha value is -3.97. The number of nitrogens with zero attached hydrogens (tertiary/aromatic N) is 5. The first-order valence-corrected chi connectivity index (χ1v) is 12.4. The number of piperazine rings is 1. The Bertz CT molecular complexity index is 1370. The van der Waals surface area contributed by atoms with Gasteiger partial charge in [0.25, 0.3) is 5.91 Å². The first kappa shape index (κ1) is 27.1. The minimum absolute atomic E-state index is 0.204. The number of anilines is 1. The Morgan fingerprint density at radius 3 is 2.39 bits per heavy atom. The third kappa shape index (κ3) is 5.94. The van der Waals surface area contributed by atoms with Crippen LogP contribution in [0, 0.1) is 11.8 Å². The van der Waals surface area contributed by atoms with Crippen molar-refractivity contribution in [2.75, 3.05) is 31.9 Å². The van der Waals surface area contributed by atoms with E-state index in [0.29, 0.717) is 61.3 Å². The molecule has 1 aliphatic rings. The Morgan fingerprint density at radius 2 is 1.79 bits per heavy atom. The average Bonchev–Trinajstić information content (AvgIpc) is 2.91. The highest BCUT2D eigenvalue weighted by Crippen LogP contribution is 2.36. The van der Waals surface area contributed by atoms with Gasteiger partial charge in [-0.1, -0.05) is 24.8 Å². The quantitative estimate of drug-likeness (QED) is 0.515. The topological polar surface area (TPSA) is 88.2 Å². The monoisotopic (exact) mass is 522 g/mol. The molecule has 0 aliphatic carbocycles. The molecule has 3 aromatic rings. The first-order chi connectivity index (χ1) is 18.1. The zero-order valence-electron chi connectivity index (χ0n) is 21.5. The van der Waals surface area contributed by atoms with Crippen LogP contribution in [0.15, 0.2) is 42.9 Å². The van der Waals surface area contributed by atoms with Crippen LogP contribution >= 0.6 is 0 Å². The molecule has 0 saturated carbocycles. The second-order valence-corrected chi connectivity index (χ2v) is 9.30. The number of aromatic nitrogens is 3. The molecular weight excluding hydrogens is 493 g/mol. The molecule has 1 amide bonds. The molecular formula is C28H29F3N6O. The molecule has 0 spiro atoms. The summed E-state index contributed by atoms with van der Waals surface area (Å²) in [6, 6.07) is 7.34. The molecule has 38 heavy (non-hydrogen) atoms. The number of halogens is 3. The van der Waals surface area contributed by atoms with Gasteiger partial charge in [-0.3, -0.25) is 9.69 Å². The van der Waals surface area contributed by atoms with E-state index in [4.69, 9.17) is 5.73 Å². The molecule has 0 unspecified atom stereocenters. The Kier molecular flexibility index (Phi) is 7.97. The lowest BCUT2D eigenvalue weighted by molar-refractivity contribution is -0.138. The predicted octanol–water partition coefficient (Wildman–Crippen LogP) is 4.27. The molecule has 1 aromatic carbocycles. The SMILES string of the molecule is CCc1ncnc(-c2ccc(C(=O)N3CCN(C(C)C)CC3)c(C(F)(F)F)c2)c1C#Cc1ccc(N)nc1. The maximum atomic E-state index is 14.2. The average molecular weight is 523 g/mol. The second-order valence-electron chi connectivity index (χ2n) is 9.30. The van der Waals surface area contributed by atoms with Gasteiger partial charge in [0.15, 0.2) is 0 Å². The molecule has 3 heterocycles. The van der Waals surface area contributed by atoms with Crippen molar-refractivity contribution in [3.8, 4) is 23.1 Å².